The summed E-state index contributed by atoms with van der Waals surface area (Å²) in [4.78, 5) is 15.2. The molecule has 4 rings (SSSR count). The number of hydrogen-bond acceptors (Lipinski definition) is 4. The van der Waals surface area contributed by atoms with Crippen LogP contribution >= 0.6 is 11.6 Å². The molecule has 0 N–H and O–H groups in total. The molecule has 0 aliphatic carbocycles. The molecule has 0 aromatic heterocycles. The first-order valence-electron chi connectivity index (χ1n) is 11.5. The van der Waals surface area contributed by atoms with E-state index >= 15 is 0 Å². The zero-order valence-corrected chi connectivity index (χ0v) is 20.7. The largest absolute Gasteiger partial charge is 0.490 e. The zero-order chi connectivity index (χ0) is 23.6. The Morgan fingerprint density at radius 1 is 0.939 bits per heavy atom. The highest BCUT2D eigenvalue weighted by Crippen LogP contribution is 2.28. The highest BCUT2D eigenvalue weighted by Gasteiger charge is 2.35. The number of carbonyl (C=O) groups is 1. The van der Waals surface area contributed by atoms with Crippen LogP contribution in [0.2, 0.25) is 5.02 Å². The minimum atomic E-state index is -3.56. The fourth-order valence-corrected chi connectivity index (χ4v) is 6.16. The second-order valence-electron chi connectivity index (χ2n) is 9.04. The molecule has 2 aromatic carbocycles. The van der Waals surface area contributed by atoms with E-state index in [1.807, 2.05) is 11.8 Å². The smallest absolute Gasteiger partial charge is 0.243 e. The molecule has 0 atom stereocenters. The van der Waals surface area contributed by atoms with Gasteiger partial charge in [0.25, 0.3) is 0 Å². The number of amides is 1. The third kappa shape index (κ3) is 5.53. The van der Waals surface area contributed by atoms with Gasteiger partial charge < -0.3 is 9.64 Å². The third-order valence-electron chi connectivity index (χ3n) is 6.65. The molecular formula is C25H31ClN2O4S. The van der Waals surface area contributed by atoms with Crippen molar-refractivity contribution in [3.05, 3.63) is 58.6 Å². The normalized spacial score (nSPS) is 18.9. The SMILES string of the molecule is Cc1ccc(C)c(OC2CCN(C(=O)C3CCN(S(=O)(=O)c4ccc(Cl)cc4)CC3)CC2)c1. The lowest BCUT2D eigenvalue weighted by molar-refractivity contribution is -0.138. The summed E-state index contributed by atoms with van der Waals surface area (Å²) in [5.74, 6) is 0.941. The molecule has 0 radical (unpaired) electrons. The Hall–Kier alpha value is -2.09. The summed E-state index contributed by atoms with van der Waals surface area (Å²) in [6.07, 6.45) is 2.82. The van der Waals surface area contributed by atoms with E-state index in [-0.39, 0.29) is 22.8 Å². The molecule has 2 heterocycles. The van der Waals surface area contributed by atoms with Crippen LogP contribution < -0.4 is 4.74 Å². The van der Waals surface area contributed by atoms with Gasteiger partial charge in [-0.2, -0.15) is 4.31 Å². The van der Waals surface area contributed by atoms with Crippen LogP contribution in [0.1, 0.15) is 36.8 Å². The highest BCUT2D eigenvalue weighted by atomic mass is 35.5. The Bertz CT molecular complexity index is 1090. The standard InChI is InChI=1S/C25H31ClN2O4S/c1-18-3-4-19(2)24(17-18)32-22-11-13-27(14-12-22)25(29)20-9-15-28(16-10-20)33(30,31)23-7-5-21(26)6-8-23/h3-8,17,20,22H,9-16H2,1-2H3. The van der Waals surface area contributed by atoms with E-state index in [0.717, 1.165) is 24.2 Å². The Kier molecular flexibility index (Phi) is 7.31. The number of sulfonamides is 1. The fourth-order valence-electron chi connectivity index (χ4n) is 4.56. The Morgan fingerprint density at radius 3 is 2.21 bits per heavy atom. The van der Waals surface area contributed by atoms with Gasteiger partial charge in [-0.3, -0.25) is 4.79 Å². The summed E-state index contributed by atoms with van der Waals surface area (Å²) in [5.41, 5.74) is 2.30. The topological polar surface area (TPSA) is 66.9 Å². The molecule has 178 valence electrons. The molecule has 0 bridgehead atoms. The zero-order valence-electron chi connectivity index (χ0n) is 19.2. The predicted octanol–water partition coefficient (Wildman–Crippen LogP) is 4.43. The first-order chi connectivity index (χ1) is 15.7. The highest BCUT2D eigenvalue weighted by molar-refractivity contribution is 7.89. The summed E-state index contributed by atoms with van der Waals surface area (Å²) in [7, 11) is -3.56. The van der Waals surface area contributed by atoms with E-state index in [2.05, 4.69) is 25.1 Å². The van der Waals surface area contributed by atoms with Crippen LogP contribution in [-0.2, 0) is 14.8 Å². The van der Waals surface area contributed by atoms with Gasteiger partial charge >= 0.3 is 0 Å². The minimum Gasteiger partial charge on any atom is -0.490 e. The van der Waals surface area contributed by atoms with E-state index in [9.17, 15) is 13.2 Å². The number of rotatable bonds is 5. The van der Waals surface area contributed by atoms with Crippen LogP contribution in [0, 0.1) is 19.8 Å². The van der Waals surface area contributed by atoms with Crippen LogP contribution in [-0.4, -0.2) is 55.8 Å². The first-order valence-corrected chi connectivity index (χ1v) is 13.3. The molecule has 33 heavy (non-hydrogen) atoms. The van der Waals surface area contributed by atoms with Crippen molar-refractivity contribution in [1.82, 2.24) is 9.21 Å². The van der Waals surface area contributed by atoms with Crippen LogP contribution in [0.4, 0.5) is 0 Å². The van der Waals surface area contributed by atoms with Crippen molar-refractivity contribution in [3.63, 3.8) is 0 Å². The van der Waals surface area contributed by atoms with Crippen molar-refractivity contribution in [1.29, 1.82) is 0 Å². The van der Waals surface area contributed by atoms with Gasteiger partial charge in [0.1, 0.15) is 11.9 Å². The Balaban J connectivity index is 1.28. The van der Waals surface area contributed by atoms with Gasteiger partial charge in [0.2, 0.25) is 15.9 Å². The quantitative estimate of drug-likeness (QED) is 0.622. The van der Waals surface area contributed by atoms with Crippen molar-refractivity contribution >= 4 is 27.5 Å². The Morgan fingerprint density at radius 2 is 1.58 bits per heavy atom. The summed E-state index contributed by atoms with van der Waals surface area (Å²) in [5, 5.41) is 0.501. The van der Waals surface area contributed by atoms with Crippen molar-refractivity contribution in [2.45, 2.75) is 50.5 Å². The predicted molar refractivity (Wildman–Crippen MR) is 129 cm³/mol. The van der Waals surface area contributed by atoms with Crippen molar-refractivity contribution in [2.24, 2.45) is 5.92 Å². The number of nitrogens with zero attached hydrogens (tertiary/aromatic N) is 2. The molecule has 0 unspecified atom stereocenters. The van der Waals surface area contributed by atoms with Gasteiger partial charge in [-0.25, -0.2) is 8.42 Å². The van der Waals surface area contributed by atoms with Crippen LogP contribution in [0.5, 0.6) is 5.75 Å². The van der Waals surface area contributed by atoms with Crippen LogP contribution in [0.3, 0.4) is 0 Å². The maximum Gasteiger partial charge on any atom is 0.243 e. The molecule has 2 saturated heterocycles. The summed E-state index contributed by atoms with van der Waals surface area (Å²) in [6.45, 7) is 6.17. The average molecular weight is 491 g/mol. The third-order valence-corrected chi connectivity index (χ3v) is 8.81. The van der Waals surface area contributed by atoms with Gasteiger partial charge in [-0.1, -0.05) is 23.7 Å². The molecule has 0 saturated carbocycles. The monoisotopic (exact) mass is 490 g/mol. The van der Waals surface area contributed by atoms with Gasteiger partial charge in [-0.15, -0.1) is 0 Å². The minimum absolute atomic E-state index is 0.112. The maximum atomic E-state index is 13.1. The summed E-state index contributed by atoms with van der Waals surface area (Å²) < 4.78 is 33.5. The molecule has 6 nitrogen and oxygen atoms in total. The van der Waals surface area contributed by atoms with E-state index in [1.54, 1.807) is 12.1 Å². The number of piperidine rings is 2. The number of carbonyl (C=O) groups excluding carboxylic acids is 1. The molecule has 2 fully saturated rings. The molecule has 0 spiro atoms. The number of halogens is 1. The number of hydrogen-bond donors (Lipinski definition) is 0. The molecule has 2 aliphatic rings. The van der Waals surface area contributed by atoms with Crippen molar-refractivity contribution in [2.75, 3.05) is 26.2 Å². The average Bonchev–Trinajstić information content (AvgIpc) is 2.82. The van der Waals surface area contributed by atoms with E-state index in [0.29, 0.717) is 44.0 Å². The van der Waals surface area contributed by atoms with Crippen molar-refractivity contribution in [3.8, 4) is 5.75 Å². The molecule has 8 heteroatoms. The van der Waals surface area contributed by atoms with Gasteiger partial charge in [0, 0.05) is 50.0 Å². The van der Waals surface area contributed by atoms with Gasteiger partial charge in [-0.05, 0) is 68.1 Å². The van der Waals surface area contributed by atoms with Gasteiger partial charge in [0.15, 0.2) is 0 Å². The lowest BCUT2D eigenvalue weighted by atomic mass is 9.95. The maximum absolute atomic E-state index is 13.1. The van der Waals surface area contributed by atoms with Crippen LogP contribution in [0.15, 0.2) is 47.4 Å². The molecule has 1 amide bonds. The number of ether oxygens (including phenoxy) is 1. The lowest BCUT2D eigenvalue weighted by Crippen LogP contribution is -2.47. The second-order valence-corrected chi connectivity index (χ2v) is 11.4. The van der Waals surface area contributed by atoms with E-state index < -0.39 is 10.0 Å². The molecule has 2 aliphatic heterocycles. The first kappa shape index (κ1) is 24.0. The number of aryl methyl sites for hydroxylation is 2. The van der Waals surface area contributed by atoms with E-state index in [4.69, 9.17) is 16.3 Å². The van der Waals surface area contributed by atoms with E-state index in [1.165, 1.54) is 22.0 Å². The summed E-state index contributed by atoms with van der Waals surface area (Å²) >= 11 is 5.88. The lowest BCUT2D eigenvalue weighted by Gasteiger charge is -2.37. The van der Waals surface area contributed by atoms with Gasteiger partial charge in [0.05, 0.1) is 4.90 Å². The Labute approximate surface area is 201 Å². The number of likely N-dealkylation sites (tertiary alicyclic amines) is 1. The number of benzene rings is 2. The second kappa shape index (κ2) is 10.0. The van der Waals surface area contributed by atoms with Crippen LogP contribution in [0.25, 0.3) is 0 Å². The molecular weight excluding hydrogens is 460 g/mol. The molecule has 2 aromatic rings. The van der Waals surface area contributed by atoms with Crippen molar-refractivity contribution < 1.29 is 17.9 Å². The fraction of sp³-hybridized carbons (Fsp3) is 0.480. The summed E-state index contributed by atoms with van der Waals surface area (Å²) in [6, 6.07) is 12.4.